The molecule has 2 N–H and O–H groups in total. The molecule has 1 aromatic rings. The van der Waals surface area contributed by atoms with E-state index in [1.54, 1.807) is 17.5 Å². The Kier molecular flexibility index (Phi) is 4.64. The number of thiophene rings is 1. The molecule has 116 valence electrons. The van der Waals surface area contributed by atoms with Gasteiger partial charge < -0.3 is 10.6 Å². The summed E-state index contributed by atoms with van der Waals surface area (Å²) in [4.78, 5) is 25.9. The Morgan fingerprint density at radius 2 is 2.05 bits per heavy atom. The Bertz CT molecular complexity index is 627. The van der Waals surface area contributed by atoms with Crippen molar-refractivity contribution in [1.29, 1.82) is 0 Å². The van der Waals surface area contributed by atoms with E-state index >= 15 is 0 Å². The van der Waals surface area contributed by atoms with Gasteiger partial charge in [0.15, 0.2) is 0 Å². The monoisotopic (exact) mass is 331 g/mol. The summed E-state index contributed by atoms with van der Waals surface area (Å²) in [5.74, 6) is -1.51. The van der Waals surface area contributed by atoms with Crippen molar-refractivity contribution >= 4 is 33.2 Å². The molecule has 1 atom stereocenters. The molecule has 2 amide bonds. The molecule has 0 spiro atoms. The Labute approximate surface area is 127 Å². The molecule has 7 nitrogen and oxygen atoms in total. The Morgan fingerprint density at radius 1 is 1.33 bits per heavy atom. The fourth-order valence-electron chi connectivity index (χ4n) is 2.21. The Balaban J connectivity index is 2.22. The molecule has 0 aliphatic carbocycles. The lowest BCUT2D eigenvalue weighted by Crippen LogP contribution is -2.40. The van der Waals surface area contributed by atoms with Gasteiger partial charge in [-0.25, -0.2) is 8.42 Å². The first-order valence-electron chi connectivity index (χ1n) is 6.36. The van der Waals surface area contributed by atoms with Crippen LogP contribution in [0.4, 0.5) is 0 Å². The van der Waals surface area contributed by atoms with Crippen molar-refractivity contribution in [2.45, 2.75) is 0 Å². The molecule has 2 rings (SSSR count). The molecule has 0 bridgehead atoms. The molecule has 1 fully saturated rings. The molecule has 1 saturated heterocycles. The molecule has 2 heterocycles. The second-order valence-electron chi connectivity index (χ2n) is 4.95. The van der Waals surface area contributed by atoms with Crippen LogP contribution in [-0.4, -0.2) is 61.9 Å². The van der Waals surface area contributed by atoms with Crippen molar-refractivity contribution in [3.63, 3.8) is 0 Å². The number of hydrogen-bond acceptors (Lipinski definition) is 5. The van der Waals surface area contributed by atoms with Crippen LogP contribution in [-0.2, 0) is 14.8 Å². The molecule has 1 aliphatic rings. The fourth-order valence-corrected chi connectivity index (χ4v) is 3.76. The second kappa shape index (κ2) is 6.12. The van der Waals surface area contributed by atoms with E-state index in [0.29, 0.717) is 4.88 Å². The number of carbonyl (C=O) groups is 2. The van der Waals surface area contributed by atoms with Gasteiger partial charge in [0.05, 0.1) is 17.1 Å². The van der Waals surface area contributed by atoms with E-state index in [0.717, 1.165) is 6.26 Å². The molecule has 1 aromatic heterocycles. The minimum atomic E-state index is -3.43. The van der Waals surface area contributed by atoms with Gasteiger partial charge in [0.1, 0.15) is 0 Å². The van der Waals surface area contributed by atoms with Crippen LogP contribution in [0.5, 0.6) is 0 Å². The first-order chi connectivity index (χ1) is 9.79. The molecular formula is C12H17N3O4S2. The highest BCUT2D eigenvalue weighted by Gasteiger charge is 2.32. The average Bonchev–Trinajstić information content (AvgIpc) is 2.81. The smallest absolute Gasteiger partial charge is 0.263 e. The summed E-state index contributed by atoms with van der Waals surface area (Å²) in [6.45, 7) is 0.563. The van der Waals surface area contributed by atoms with Gasteiger partial charge in [-0.15, -0.1) is 11.3 Å². The second-order valence-corrected chi connectivity index (χ2v) is 7.88. The molecule has 1 aliphatic heterocycles. The number of nitrogens with zero attached hydrogens (tertiary/aromatic N) is 2. The van der Waals surface area contributed by atoms with Crippen molar-refractivity contribution in [2.24, 2.45) is 11.7 Å². The van der Waals surface area contributed by atoms with Gasteiger partial charge in [0.25, 0.3) is 5.91 Å². The van der Waals surface area contributed by atoms with Crippen LogP contribution in [0.3, 0.4) is 0 Å². The first-order valence-corrected chi connectivity index (χ1v) is 9.09. The third kappa shape index (κ3) is 3.80. The van der Waals surface area contributed by atoms with Gasteiger partial charge in [-0.05, 0) is 11.4 Å². The maximum absolute atomic E-state index is 12.4. The van der Waals surface area contributed by atoms with Gasteiger partial charge in [0.2, 0.25) is 15.9 Å². The van der Waals surface area contributed by atoms with E-state index < -0.39 is 21.8 Å². The van der Waals surface area contributed by atoms with Crippen LogP contribution < -0.4 is 5.73 Å². The minimum Gasteiger partial charge on any atom is -0.369 e. The lowest BCUT2D eigenvalue weighted by atomic mass is 10.1. The predicted molar refractivity (Wildman–Crippen MR) is 79.3 cm³/mol. The third-order valence-corrected chi connectivity index (χ3v) is 5.50. The van der Waals surface area contributed by atoms with Crippen LogP contribution in [0.15, 0.2) is 17.5 Å². The van der Waals surface area contributed by atoms with Crippen LogP contribution in [0.1, 0.15) is 9.67 Å². The average molecular weight is 331 g/mol. The summed E-state index contributed by atoms with van der Waals surface area (Å²) < 4.78 is 24.6. The SMILES string of the molecule is CS(=O)(=O)N1CCN(C(=O)c2cccs2)C[C@@H](C(N)=O)C1. The highest BCUT2D eigenvalue weighted by Crippen LogP contribution is 2.17. The highest BCUT2D eigenvalue weighted by atomic mass is 32.2. The van der Waals surface area contributed by atoms with Crippen LogP contribution in [0.2, 0.25) is 0 Å². The number of sulfonamides is 1. The maximum Gasteiger partial charge on any atom is 0.263 e. The summed E-state index contributed by atoms with van der Waals surface area (Å²) in [5, 5.41) is 1.79. The van der Waals surface area contributed by atoms with E-state index in [4.69, 9.17) is 5.73 Å². The number of carbonyl (C=O) groups excluding carboxylic acids is 2. The fraction of sp³-hybridized carbons (Fsp3) is 0.500. The number of amides is 2. The van der Waals surface area contributed by atoms with Gasteiger partial charge >= 0.3 is 0 Å². The molecule has 0 saturated carbocycles. The number of nitrogens with two attached hydrogens (primary N) is 1. The summed E-state index contributed by atoms with van der Waals surface area (Å²) >= 11 is 1.31. The largest absolute Gasteiger partial charge is 0.369 e. The van der Waals surface area contributed by atoms with Crippen molar-refractivity contribution in [3.8, 4) is 0 Å². The third-order valence-electron chi connectivity index (χ3n) is 3.37. The van der Waals surface area contributed by atoms with E-state index in [1.165, 1.54) is 20.5 Å². The van der Waals surface area contributed by atoms with Crippen LogP contribution >= 0.6 is 11.3 Å². The number of primary amides is 1. The van der Waals surface area contributed by atoms with E-state index in [2.05, 4.69) is 0 Å². The molecule has 0 unspecified atom stereocenters. The van der Waals surface area contributed by atoms with Gasteiger partial charge in [-0.1, -0.05) is 6.07 Å². The predicted octanol–water partition coefficient (Wildman–Crippen LogP) is -0.433. The normalized spacial score (nSPS) is 21.0. The quantitative estimate of drug-likeness (QED) is 0.812. The minimum absolute atomic E-state index is 0.0163. The van der Waals surface area contributed by atoms with Gasteiger partial charge in [0, 0.05) is 26.2 Å². The summed E-state index contributed by atoms with van der Waals surface area (Å²) in [6, 6.07) is 3.47. The van der Waals surface area contributed by atoms with Crippen molar-refractivity contribution in [1.82, 2.24) is 9.21 Å². The van der Waals surface area contributed by atoms with Crippen molar-refractivity contribution in [2.75, 3.05) is 32.4 Å². The number of hydrogen-bond donors (Lipinski definition) is 1. The van der Waals surface area contributed by atoms with Gasteiger partial charge in [-0.2, -0.15) is 4.31 Å². The number of rotatable bonds is 3. The maximum atomic E-state index is 12.4. The summed E-state index contributed by atoms with van der Waals surface area (Å²) in [6.07, 6.45) is 1.09. The van der Waals surface area contributed by atoms with Crippen LogP contribution in [0.25, 0.3) is 0 Å². The summed E-state index contributed by atoms with van der Waals surface area (Å²) in [5.41, 5.74) is 5.33. The molecular weight excluding hydrogens is 314 g/mol. The summed E-state index contributed by atoms with van der Waals surface area (Å²) in [7, 11) is -3.43. The van der Waals surface area contributed by atoms with Crippen molar-refractivity contribution in [3.05, 3.63) is 22.4 Å². The molecule has 0 aromatic carbocycles. The van der Waals surface area contributed by atoms with Gasteiger partial charge in [-0.3, -0.25) is 9.59 Å². The Hall–Kier alpha value is -1.45. The highest BCUT2D eigenvalue weighted by molar-refractivity contribution is 7.88. The van der Waals surface area contributed by atoms with Crippen LogP contribution in [0, 0.1) is 5.92 Å². The zero-order valence-electron chi connectivity index (χ0n) is 11.6. The van der Waals surface area contributed by atoms with E-state index in [-0.39, 0.29) is 32.1 Å². The molecule has 0 radical (unpaired) electrons. The Morgan fingerprint density at radius 3 is 2.57 bits per heavy atom. The molecule has 21 heavy (non-hydrogen) atoms. The van der Waals surface area contributed by atoms with E-state index in [9.17, 15) is 18.0 Å². The molecule has 9 heteroatoms. The van der Waals surface area contributed by atoms with Crippen molar-refractivity contribution < 1.29 is 18.0 Å². The lowest BCUT2D eigenvalue weighted by Gasteiger charge is -2.21. The zero-order valence-corrected chi connectivity index (χ0v) is 13.2. The standard InChI is InChI=1S/C12H17N3O4S2/c1-21(18,19)15-5-4-14(7-9(8-15)11(13)16)12(17)10-3-2-6-20-10/h2-3,6,9H,4-5,7-8H2,1H3,(H2,13,16)/t9-/m1/s1. The zero-order chi connectivity index (χ0) is 15.6. The lowest BCUT2D eigenvalue weighted by molar-refractivity contribution is -0.122. The topological polar surface area (TPSA) is 101 Å². The first kappa shape index (κ1) is 15.9. The van der Waals surface area contributed by atoms with E-state index in [1.807, 2.05) is 0 Å².